The summed E-state index contributed by atoms with van der Waals surface area (Å²) in [5, 5.41) is 2.85. The molecule has 2 heterocycles. The molecule has 0 spiro atoms. The minimum Gasteiger partial charge on any atom is -0.377 e. The van der Waals surface area contributed by atoms with E-state index in [2.05, 4.69) is 10.3 Å². The number of pyridine rings is 1. The number of hydrogen-bond acceptors (Lipinski definition) is 5. The SMILES string of the molecule is CNc1ccc(S(=O)(=O)N(C)CC2CCCO2)cn1. The van der Waals surface area contributed by atoms with Crippen molar-refractivity contribution in [2.75, 3.05) is 32.6 Å². The molecule has 0 saturated carbocycles. The number of nitrogens with one attached hydrogen (secondary N) is 1. The molecule has 1 saturated heterocycles. The van der Waals surface area contributed by atoms with Crippen molar-refractivity contribution in [1.82, 2.24) is 9.29 Å². The number of likely N-dealkylation sites (N-methyl/N-ethyl adjacent to an activating group) is 1. The molecule has 0 bridgehead atoms. The monoisotopic (exact) mass is 285 g/mol. The molecule has 1 aliphatic heterocycles. The van der Waals surface area contributed by atoms with E-state index in [4.69, 9.17) is 4.74 Å². The molecule has 1 fully saturated rings. The smallest absolute Gasteiger partial charge is 0.244 e. The zero-order valence-corrected chi connectivity index (χ0v) is 12.0. The van der Waals surface area contributed by atoms with Gasteiger partial charge < -0.3 is 10.1 Å². The summed E-state index contributed by atoms with van der Waals surface area (Å²) < 4.78 is 31.5. The van der Waals surface area contributed by atoms with Gasteiger partial charge in [0.05, 0.1) is 6.10 Å². The van der Waals surface area contributed by atoms with Gasteiger partial charge in [-0.3, -0.25) is 0 Å². The molecule has 1 aliphatic rings. The molecule has 2 rings (SSSR count). The molecule has 6 nitrogen and oxygen atoms in total. The molecule has 0 aliphatic carbocycles. The Morgan fingerprint density at radius 2 is 2.32 bits per heavy atom. The van der Waals surface area contributed by atoms with Crippen LogP contribution in [0.2, 0.25) is 0 Å². The summed E-state index contributed by atoms with van der Waals surface area (Å²) in [5.74, 6) is 0.640. The van der Waals surface area contributed by atoms with Crippen LogP contribution in [0.5, 0.6) is 0 Å². The molecule has 106 valence electrons. The van der Waals surface area contributed by atoms with Crippen LogP contribution in [0.3, 0.4) is 0 Å². The van der Waals surface area contributed by atoms with Crippen molar-refractivity contribution in [2.24, 2.45) is 0 Å². The molecule has 0 radical (unpaired) electrons. The van der Waals surface area contributed by atoms with Gasteiger partial charge in [-0.1, -0.05) is 0 Å². The molecule has 7 heteroatoms. The first-order valence-electron chi connectivity index (χ1n) is 6.26. The van der Waals surface area contributed by atoms with Crippen molar-refractivity contribution in [3.05, 3.63) is 18.3 Å². The zero-order chi connectivity index (χ0) is 13.9. The summed E-state index contributed by atoms with van der Waals surface area (Å²) in [6.07, 6.45) is 3.28. The number of ether oxygens (including phenoxy) is 1. The van der Waals surface area contributed by atoms with Gasteiger partial charge in [-0.05, 0) is 25.0 Å². The second-order valence-corrected chi connectivity index (χ2v) is 6.59. The van der Waals surface area contributed by atoms with Gasteiger partial charge in [-0.2, -0.15) is 4.31 Å². The van der Waals surface area contributed by atoms with Crippen LogP contribution in [0.25, 0.3) is 0 Å². The van der Waals surface area contributed by atoms with Crippen molar-refractivity contribution < 1.29 is 13.2 Å². The fourth-order valence-corrected chi connectivity index (χ4v) is 3.18. The fraction of sp³-hybridized carbons (Fsp3) is 0.583. The molecular formula is C12H19N3O3S. The van der Waals surface area contributed by atoms with E-state index < -0.39 is 10.0 Å². The zero-order valence-electron chi connectivity index (χ0n) is 11.2. The lowest BCUT2D eigenvalue weighted by atomic mass is 10.2. The van der Waals surface area contributed by atoms with Crippen molar-refractivity contribution in [3.63, 3.8) is 0 Å². The van der Waals surface area contributed by atoms with E-state index in [0.29, 0.717) is 12.4 Å². The summed E-state index contributed by atoms with van der Waals surface area (Å²) >= 11 is 0. The standard InChI is InChI=1S/C12H19N3O3S/c1-13-12-6-5-11(8-14-12)19(16,17)15(2)9-10-4-3-7-18-10/h5-6,8,10H,3-4,7,9H2,1-2H3,(H,13,14). The minimum atomic E-state index is -3.49. The predicted octanol–water partition coefficient (Wildman–Crippen LogP) is 0.923. The van der Waals surface area contributed by atoms with E-state index in [-0.39, 0.29) is 11.0 Å². The van der Waals surface area contributed by atoms with Crippen LogP contribution in [0, 0.1) is 0 Å². The van der Waals surface area contributed by atoms with Crippen molar-refractivity contribution >= 4 is 15.8 Å². The first kappa shape index (κ1) is 14.2. The van der Waals surface area contributed by atoms with E-state index >= 15 is 0 Å². The molecule has 0 amide bonds. The second kappa shape index (κ2) is 5.85. The minimum absolute atomic E-state index is 0.00400. The number of aromatic nitrogens is 1. The Morgan fingerprint density at radius 3 is 2.84 bits per heavy atom. The maximum absolute atomic E-state index is 12.3. The van der Waals surface area contributed by atoms with Crippen molar-refractivity contribution in [2.45, 2.75) is 23.8 Å². The summed E-state index contributed by atoms with van der Waals surface area (Å²) in [6, 6.07) is 3.20. The first-order valence-corrected chi connectivity index (χ1v) is 7.70. The Bertz CT molecular complexity index is 510. The maximum Gasteiger partial charge on any atom is 0.244 e. The average molecular weight is 285 g/mol. The normalized spacial score (nSPS) is 19.8. The lowest BCUT2D eigenvalue weighted by molar-refractivity contribution is 0.0979. The van der Waals surface area contributed by atoms with Gasteiger partial charge >= 0.3 is 0 Å². The summed E-state index contributed by atoms with van der Waals surface area (Å²) in [5.41, 5.74) is 0. The van der Waals surface area contributed by atoms with E-state index in [1.54, 1.807) is 26.2 Å². The van der Waals surface area contributed by atoms with Gasteiger partial charge in [0.15, 0.2) is 0 Å². The van der Waals surface area contributed by atoms with Crippen LogP contribution in [0.4, 0.5) is 5.82 Å². The quantitative estimate of drug-likeness (QED) is 0.871. The maximum atomic E-state index is 12.3. The second-order valence-electron chi connectivity index (χ2n) is 4.55. The van der Waals surface area contributed by atoms with Crippen LogP contribution in [0.1, 0.15) is 12.8 Å². The summed E-state index contributed by atoms with van der Waals surface area (Å²) in [7, 11) is -0.180. The fourth-order valence-electron chi connectivity index (χ4n) is 2.03. The summed E-state index contributed by atoms with van der Waals surface area (Å²) in [6.45, 7) is 1.10. The number of nitrogens with zero attached hydrogens (tertiary/aromatic N) is 2. The molecule has 1 aromatic rings. The van der Waals surface area contributed by atoms with Crippen LogP contribution < -0.4 is 5.32 Å². The van der Waals surface area contributed by atoms with Gasteiger partial charge in [0.2, 0.25) is 10.0 Å². The van der Waals surface area contributed by atoms with Gasteiger partial charge in [0.25, 0.3) is 0 Å². The highest BCUT2D eigenvalue weighted by Crippen LogP contribution is 2.18. The lowest BCUT2D eigenvalue weighted by Crippen LogP contribution is -2.34. The van der Waals surface area contributed by atoms with Crippen molar-refractivity contribution in [1.29, 1.82) is 0 Å². The third kappa shape index (κ3) is 3.23. The highest BCUT2D eigenvalue weighted by atomic mass is 32.2. The molecular weight excluding hydrogens is 266 g/mol. The van der Waals surface area contributed by atoms with Gasteiger partial charge in [0.1, 0.15) is 10.7 Å². The molecule has 19 heavy (non-hydrogen) atoms. The number of hydrogen-bond donors (Lipinski definition) is 1. The van der Waals surface area contributed by atoms with E-state index in [1.807, 2.05) is 0 Å². The third-order valence-corrected chi connectivity index (χ3v) is 4.99. The highest BCUT2D eigenvalue weighted by molar-refractivity contribution is 7.89. The van der Waals surface area contributed by atoms with Crippen molar-refractivity contribution in [3.8, 4) is 0 Å². The molecule has 1 unspecified atom stereocenters. The van der Waals surface area contributed by atoms with E-state index in [1.165, 1.54) is 10.5 Å². The lowest BCUT2D eigenvalue weighted by Gasteiger charge is -2.20. The number of sulfonamides is 1. The van der Waals surface area contributed by atoms with Crippen LogP contribution in [-0.2, 0) is 14.8 Å². The third-order valence-electron chi connectivity index (χ3n) is 3.19. The Morgan fingerprint density at radius 1 is 1.53 bits per heavy atom. The highest BCUT2D eigenvalue weighted by Gasteiger charge is 2.26. The topological polar surface area (TPSA) is 71.5 Å². The molecule has 1 atom stereocenters. The van der Waals surface area contributed by atoms with Gasteiger partial charge in [-0.15, -0.1) is 0 Å². The van der Waals surface area contributed by atoms with E-state index in [0.717, 1.165) is 19.4 Å². The Labute approximate surface area is 113 Å². The first-order chi connectivity index (χ1) is 9.04. The molecule has 0 aromatic carbocycles. The van der Waals surface area contributed by atoms with Gasteiger partial charge in [0, 0.05) is 33.4 Å². The van der Waals surface area contributed by atoms with Crippen LogP contribution in [-0.4, -0.2) is 51.1 Å². The number of rotatable bonds is 5. The van der Waals surface area contributed by atoms with E-state index in [9.17, 15) is 8.42 Å². The Balaban J connectivity index is 2.10. The largest absolute Gasteiger partial charge is 0.377 e. The Kier molecular flexibility index (Phi) is 4.38. The van der Waals surface area contributed by atoms with Crippen LogP contribution >= 0.6 is 0 Å². The molecule has 1 N–H and O–H groups in total. The number of anilines is 1. The summed E-state index contributed by atoms with van der Waals surface area (Å²) in [4.78, 5) is 4.23. The van der Waals surface area contributed by atoms with Gasteiger partial charge in [-0.25, -0.2) is 13.4 Å². The Hall–Kier alpha value is -1.18. The molecule has 1 aromatic heterocycles. The average Bonchev–Trinajstić information content (AvgIpc) is 2.91. The predicted molar refractivity (Wildman–Crippen MR) is 72.6 cm³/mol. The van der Waals surface area contributed by atoms with Crippen LogP contribution in [0.15, 0.2) is 23.2 Å².